The molecule has 0 amide bonds. The fourth-order valence-electron chi connectivity index (χ4n) is 1.97. The monoisotopic (exact) mass is 273 g/mol. The molecule has 18 heavy (non-hydrogen) atoms. The fourth-order valence-corrected chi connectivity index (χ4v) is 2.64. The molecule has 0 radical (unpaired) electrons. The standard InChI is InChI=1S/C13H20FNO2S/c1-3-13(15,8-5-9-18(2,16)17)11-6-4-7-12(14)10-11/h4,6-7,10H,3,5,8-9,15H2,1-2H3. The molecule has 0 fully saturated rings. The number of hydrogen-bond donors (Lipinski definition) is 1. The van der Waals surface area contributed by atoms with Crippen LogP contribution in [0.15, 0.2) is 24.3 Å². The molecule has 1 aromatic rings. The molecular formula is C13H20FNO2S. The van der Waals surface area contributed by atoms with Gasteiger partial charge < -0.3 is 5.73 Å². The summed E-state index contributed by atoms with van der Waals surface area (Å²) in [6, 6.07) is 6.20. The van der Waals surface area contributed by atoms with Crippen LogP contribution >= 0.6 is 0 Å². The van der Waals surface area contributed by atoms with Gasteiger partial charge in [0.1, 0.15) is 15.7 Å². The van der Waals surface area contributed by atoms with E-state index in [9.17, 15) is 12.8 Å². The highest BCUT2D eigenvalue weighted by Gasteiger charge is 2.25. The van der Waals surface area contributed by atoms with E-state index in [1.165, 1.54) is 18.4 Å². The topological polar surface area (TPSA) is 60.2 Å². The third kappa shape index (κ3) is 4.38. The maximum absolute atomic E-state index is 13.2. The third-order valence-corrected chi connectivity index (χ3v) is 4.20. The van der Waals surface area contributed by atoms with E-state index in [4.69, 9.17) is 5.73 Å². The van der Waals surface area contributed by atoms with Gasteiger partial charge in [-0.25, -0.2) is 12.8 Å². The molecule has 1 rings (SSSR count). The number of benzene rings is 1. The van der Waals surface area contributed by atoms with Gasteiger partial charge in [-0.05, 0) is 37.0 Å². The fraction of sp³-hybridized carbons (Fsp3) is 0.538. The molecule has 1 atom stereocenters. The zero-order valence-electron chi connectivity index (χ0n) is 10.8. The van der Waals surface area contributed by atoms with E-state index in [2.05, 4.69) is 0 Å². The van der Waals surface area contributed by atoms with Gasteiger partial charge in [0.15, 0.2) is 0 Å². The van der Waals surface area contributed by atoms with Crippen LogP contribution in [0.1, 0.15) is 31.7 Å². The largest absolute Gasteiger partial charge is 0.321 e. The van der Waals surface area contributed by atoms with Crippen LogP contribution in [0.25, 0.3) is 0 Å². The molecule has 0 saturated heterocycles. The summed E-state index contributed by atoms with van der Waals surface area (Å²) < 4.78 is 35.4. The zero-order chi connectivity index (χ0) is 13.8. The van der Waals surface area contributed by atoms with Crippen molar-refractivity contribution in [3.05, 3.63) is 35.6 Å². The maximum Gasteiger partial charge on any atom is 0.147 e. The summed E-state index contributed by atoms with van der Waals surface area (Å²) in [5.41, 5.74) is 6.32. The van der Waals surface area contributed by atoms with E-state index in [-0.39, 0.29) is 11.6 Å². The SMILES string of the molecule is CCC(N)(CCCS(C)(=O)=O)c1cccc(F)c1. The molecule has 0 aliphatic rings. The van der Waals surface area contributed by atoms with Crippen LogP contribution in [0.2, 0.25) is 0 Å². The first-order valence-corrected chi connectivity index (χ1v) is 8.05. The Morgan fingerprint density at radius 2 is 2.06 bits per heavy atom. The van der Waals surface area contributed by atoms with Crippen LogP contribution in [0.4, 0.5) is 4.39 Å². The summed E-state index contributed by atoms with van der Waals surface area (Å²) >= 11 is 0. The Kier molecular flexibility index (Phi) is 4.87. The van der Waals surface area contributed by atoms with Crippen molar-refractivity contribution in [2.75, 3.05) is 12.0 Å². The van der Waals surface area contributed by atoms with E-state index in [0.29, 0.717) is 19.3 Å². The minimum Gasteiger partial charge on any atom is -0.321 e. The van der Waals surface area contributed by atoms with Crippen molar-refractivity contribution >= 4 is 9.84 Å². The highest BCUT2D eigenvalue weighted by molar-refractivity contribution is 7.90. The average Bonchev–Trinajstić information content (AvgIpc) is 2.27. The van der Waals surface area contributed by atoms with Crippen molar-refractivity contribution < 1.29 is 12.8 Å². The van der Waals surface area contributed by atoms with E-state index in [1.54, 1.807) is 12.1 Å². The van der Waals surface area contributed by atoms with Crippen LogP contribution in [-0.4, -0.2) is 20.4 Å². The predicted molar refractivity (Wildman–Crippen MR) is 71.5 cm³/mol. The molecule has 5 heteroatoms. The summed E-state index contributed by atoms with van der Waals surface area (Å²) in [5, 5.41) is 0. The number of halogens is 1. The second-order valence-electron chi connectivity index (χ2n) is 4.75. The van der Waals surface area contributed by atoms with Gasteiger partial charge in [-0.2, -0.15) is 0 Å². The van der Waals surface area contributed by atoms with Crippen molar-refractivity contribution in [2.45, 2.75) is 31.7 Å². The second-order valence-corrected chi connectivity index (χ2v) is 7.01. The first kappa shape index (κ1) is 15.1. The lowest BCUT2D eigenvalue weighted by atomic mass is 9.84. The first-order chi connectivity index (χ1) is 8.27. The lowest BCUT2D eigenvalue weighted by molar-refractivity contribution is 0.388. The molecule has 0 saturated carbocycles. The second kappa shape index (κ2) is 5.80. The van der Waals surface area contributed by atoms with Crippen molar-refractivity contribution in [1.82, 2.24) is 0 Å². The Balaban J connectivity index is 2.79. The Hall–Kier alpha value is -0.940. The summed E-state index contributed by atoms with van der Waals surface area (Å²) in [6.07, 6.45) is 2.86. The predicted octanol–water partition coefficient (Wildman–Crippen LogP) is 2.21. The molecule has 3 nitrogen and oxygen atoms in total. The summed E-state index contributed by atoms with van der Waals surface area (Å²) in [5.74, 6) is -0.208. The van der Waals surface area contributed by atoms with Gasteiger partial charge in [0.2, 0.25) is 0 Å². The van der Waals surface area contributed by atoms with Crippen LogP contribution < -0.4 is 5.73 Å². The van der Waals surface area contributed by atoms with Crippen molar-refractivity contribution in [3.8, 4) is 0 Å². The van der Waals surface area contributed by atoms with Crippen molar-refractivity contribution in [3.63, 3.8) is 0 Å². The Morgan fingerprint density at radius 1 is 1.39 bits per heavy atom. The van der Waals surface area contributed by atoms with Gasteiger partial charge in [-0.1, -0.05) is 19.1 Å². The van der Waals surface area contributed by atoms with E-state index < -0.39 is 15.4 Å². The smallest absolute Gasteiger partial charge is 0.147 e. The van der Waals surface area contributed by atoms with Gasteiger partial charge in [0.25, 0.3) is 0 Å². The van der Waals surface area contributed by atoms with Gasteiger partial charge in [-0.15, -0.1) is 0 Å². The van der Waals surface area contributed by atoms with E-state index in [1.807, 2.05) is 6.92 Å². The lowest BCUT2D eigenvalue weighted by Crippen LogP contribution is -2.36. The molecule has 102 valence electrons. The molecule has 0 aliphatic carbocycles. The van der Waals surface area contributed by atoms with Crippen molar-refractivity contribution in [1.29, 1.82) is 0 Å². The maximum atomic E-state index is 13.2. The van der Waals surface area contributed by atoms with E-state index in [0.717, 1.165) is 5.56 Å². The number of nitrogens with two attached hydrogens (primary N) is 1. The minimum atomic E-state index is -2.97. The first-order valence-electron chi connectivity index (χ1n) is 5.99. The van der Waals surface area contributed by atoms with Gasteiger partial charge >= 0.3 is 0 Å². The van der Waals surface area contributed by atoms with Gasteiger partial charge in [0.05, 0.1) is 0 Å². The molecule has 0 aromatic heterocycles. The van der Waals surface area contributed by atoms with Gasteiger partial charge in [0, 0.05) is 17.5 Å². The molecular weight excluding hydrogens is 253 g/mol. The summed E-state index contributed by atoms with van der Waals surface area (Å²) in [4.78, 5) is 0. The van der Waals surface area contributed by atoms with Crippen LogP contribution in [0, 0.1) is 5.82 Å². The van der Waals surface area contributed by atoms with Crippen LogP contribution in [-0.2, 0) is 15.4 Å². The molecule has 1 unspecified atom stereocenters. The highest BCUT2D eigenvalue weighted by Crippen LogP contribution is 2.27. The van der Waals surface area contributed by atoms with Crippen molar-refractivity contribution in [2.24, 2.45) is 5.73 Å². The summed E-state index contributed by atoms with van der Waals surface area (Å²) in [7, 11) is -2.97. The molecule has 0 aliphatic heterocycles. The molecule has 0 heterocycles. The Labute approximate surface area is 108 Å². The number of hydrogen-bond acceptors (Lipinski definition) is 3. The third-order valence-electron chi connectivity index (χ3n) is 3.17. The molecule has 0 bridgehead atoms. The quantitative estimate of drug-likeness (QED) is 0.864. The lowest BCUT2D eigenvalue weighted by Gasteiger charge is -2.29. The minimum absolute atomic E-state index is 0.112. The highest BCUT2D eigenvalue weighted by atomic mass is 32.2. The Morgan fingerprint density at radius 3 is 2.56 bits per heavy atom. The zero-order valence-corrected chi connectivity index (χ0v) is 11.6. The average molecular weight is 273 g/mol. The van der Waals surface area contributed by atoms with Crippen LogP contribution in [0.5, 0.6) is 0 Å². The van der Waals surface area contributed by atoms with Crippen LogP contribution in [0.3, 0.4) is 0 Å². The van der Waals surface area contributed by atoms with E-state index >= 15 is 0 Å². The normalized spacial score (nSPS) is 15.3. The Bertz CT molecular complexity index is 501. The number of rotatable bonds is 6. The summed E-state index contributed by atoms with van der Waals surface area (Å²) in [6.45, 7) is 1.92. The molecule has 2 N–H and O–H groups in total. The van der Waals surface area contributed by atoms with Gasteiger partial charge in [-0.3, -0.25) is 0 Å². The molecule has 1 aromatic carbocycles. The molecule has 0 spiro atoms. The number of sulfone groups is 1.